The van der Waals surface area contributed by atoms with Crippen molar-refractivity contribution in [1.29, 1.82) is 0 Å². The molecule has 0 unspecified atom stereocenters. The molecule has 2 N–H and O–H groups in total. The number of carboxylic acid groups (broad SMARTS) is 1. The Morgan fingerprint density at radius 2 is 1.71 bits per heavy atom. The van der Waals surface area contributed by atoms with Crippen LogP contribution in [0.3, 0.4) is 0 Å². The number of aryl methyl sites for hydroxylation is 2. The van der Waals surface area contributed by atoms with E-state index in [2.05, 4.69) is 33.9 Å². The molecule has 0 aliphatic carbocycles. The highest BCUT2D eigenvalue weighted by Gasteiger charge is 2.24. The van der Waals surface area contributed by atoms with Crippen LogP contribution >= 0.6 is 0 Å². The van der Waals surface area contributed by atoms with Gasteiger partial charge < -0.3 is 10.0 Å². The zero-order chi connectivity index (χ0) is 24.3. The topological polar surface area (TPSA) is 86.7 Å². The fourth-order valence-electron chi connectivity index (χ4n) is 4.58. The summed E-state index contributed by atoms with van der Waals surface area (Å²) in [4.78, 5) is 14.3. The molecule has 0 radical (unpaired) electrons. The third kappa shape index (κ3) is 5.42. The van der Waals surface area contributed by atoms with E-state index >= 15 is 0 Å². The maximum atomic E-state index is 13.0. The summed E-state index contributed by atoms with van der Waals surface area (Å²) < 4.78 is 28.5. The van der Waals surface area contributed by atoms with E-state index in [0.29, 0.717) is 17.2 Å². The van der Waals surface area contributed by atoms with E-state index in [-0.39, 0.29) is 16.1 Å². The third-order valence-electron chi connectivity index (χ3n) is 6.43. The van der Waals surface area contributed by atoms with E-state index in [1.54, 1.807) is 31.2 Å². The van der Waals surface area contributed by atoms with Gasteiger partial charge in [0.05, 0.1) is 16.1 Å². The summed E-state index contributed by atoms with van der Waals surface area (Å²) in [5.74, 6) is -0.509. The van der Waals surface area contributed by atoms with Gasteiger partial charge in [-0.3, -0.25) is 4.72 Å². The summed E-state index contributed by atoms with van der Waals surface area (Å²) in [6.45, 7) is 5.11. The molecule has 0 spiro atoms. The molecule has 0 saturated carbocycles. The van der Waals surface area contributed by atoms with Crippen LogP contribution in [0.2, 0.25) is 0 Å². The van der Waals surface area contributed by atoms with Crippen LogP contribution in [-0.4, -0.2) is 32.6 Å². The van der Waals surface area contributed by atoms with Crippen molar-refractivity contribution in [1.82, 2.24) is 0 Å². The summed E-state index contributed by atoms with van der Waals surface area (Å²) in [7, 11) is -3.84. The first-order chi connectivity index (χ1) is 16.2. The van der Waals surface area contributed by atoms with Gasteiger partial charge in [0.25, 0.3) is 10.0 Å². The van der Waals surface area contributed by atoms with Gasteiger partial charge in [-0.05, 0) is 80.0 Å². The lowest BCUT2D eigenvalue weighted by molar-refractivity contribution is 0.0697. The van der Waals surface area contributed by atoms with E-state index in [1.165, 1.54) is 11.6 Å². The maximum absolute atomic E-state index is 13.0. The second-order valence-corrected chi connectivity index (χ2v) is 10.7. The Morgan fingerprint density at radius 1 is 1.00 bits per heavy atom. The lowest BCUT2D eigenvalue weighted by Crippen LogP contribution is -2.35. The monoisotopic (exact) mass is 478 g/mol. The van der Waals surface area contributed by atoms with E-state index in [9.17, 15) is 18.3 Å². The number of sulfonamides is 1. The molecule has 0 amide bonds. The zero-order valence-electron chi connectivity index (χ0n) is 19.5. The molecule has 178 valence electrons. The number of carboxylic acids is 1. The molecule has 1 saturated heterocycles. The van der Waals surface area contributed by atoms with Crippen molar-refractivity contribution >= 4 is 27.4 Å². The smallest absolute Gasteiger partial charge is 0.337 e. The van der Waals surface area contributed by atoms with Crippen molar-refractivity contribution in [3.8, 4) is 0 Å². The van der Waals surface area contributed by atoms with E-state index in [4.69, 9.17) is 0 Å². The van der Waals surface area contributed by atoms with Crippen LogP contribution in [0.15, 0.2) is 71.6 Å². The van der Waals surface area contributed by atoms with E-state index < -0.39 is 16.0 Å². The first-order valence-electron chi connectivity index (χ1n) is 11.5. The minimum Gasteiger partial charge on any atom is -0.478 e. The number of benzene rings is 3. The Balaban J connectivity index is 1.50. The summed E-state index contributed by atoms with van der Waals surface area (Å²) in [6, 6.07) is 20.4. The van der Waals surface area contributed by atoms with E-state index in [1.807, 2.05) is 19.1 Å². The summed E-state index contributed by atoms with van der Waals surface area (Å²) in [5, 5.41) is 9.86. The average molecular weight is 479 g/mol. The molecular weight excluding hydrogens is 448 g/mol. The minimum absolute atomic E-state index is 0.0997. The number of piperidine rings is 1. The second-order valence-electron chi connectivity index (χ2n) is 9.03. The Morgan fingerprint density at radius 3 is 2.38 bits per heavy atom. The van der Waals surface area contributed by atoms with Gasteiger partial charge in [-0.1, -0.05) is 42.5 Å². The van der Waals surface area contributed by atoms with Crippen LogP contribution in [0.5, 0.6) is 0 Å². The van der Waals surface area contributed by atoms with Gasteiger partial charge in [-0.2, -0.15) is 0 Å². The van der Waals surface area contributed by atoms with Gasteiger partial charge in [0.15, 0.2) is 0 Å². The fraction of sp³-hybridized carbons (Fsp3) is 0.296. The average Bonchev–Trinajstić information content (AvgIpc) is 2.81. The van der Waals surface area contributed by atoms with Crippen molar-refractivity contribution in [3.05, 3.63) is 89.0 Å². The number of nitrogens with zero attached hydrogens (tertiary/aromatic N) is 1. The first-order valence-corrected chi connectivity index (χ1v) is 13.0. The number of carbonyl (C=O) groups is 1. The first kappa shape index (κ1) is 23.8. The second kappa shape index (κ2) is 9.89. The lowest BCUT2D eigenvalue weighted by atomic mass is 9.90. The summed E-state index contributed by atoms with van der Waals surface area (Å²) in [5.41, 5.74) is 3.76. The van der Waals surface area contributed by atoms with Gasteiger partial charge in [0.1, 0.15) is 0 Å². The highest BCUT2D eigenvalue weighted by atomic mass is 32.2. The molecule has 4 rings (SSSR count). The number of nitrogens with one attached hydrogen (secondary N) is 1. The molecule has 0 aromatic heterocycles. The largest absolute Gasteiger partial charge is 0.478 e. The number of aromatic carboxylic acids is 1. The summed E-state index contributed by atoms with van der Waals surface area (Å²) in [6.07, 6.45) is 2.99. The standard InChI is InChI=1S/C27H30N2O4S/c1-19-8-9-20(2)26(16-19)34(32,33)28-23-10-11-25(24(18-23)27(30)31)29-14-12-22(13-15-29)17-21-6-4-3-5-7-21/h3-11,16,18,22,28H,12-15,17H2,1-2H3,(H,30,31). The van der Waals surface area contributed by atoms with Crippen LogP contribution in [-0.2, 0) is 16.4 Å². The van der Waals surface area contributed by atoms with Crippen LogP contribution in [0.1, 0.15) is 39.9 Å². The molecule has 6 nitrogen and oxygen atoms in total. The van der Waals surface area contributed by atoms with Gasteiger partial charge in [0.2, 0.25) is 0 Å². The van der Waals surface area contributed by atoms with Crippen molar-refractivity contribution in [3.63, 3.8) is 0 Å². The molecule has 1 fully saturated rings. The number of hydrogen-bond acceptors (Lipinski definition) is 4. The van der Waals surface area contributed by atoms with Gasteiger partial charge in [-0.15, -0.1) is 0 Å². The minimum atomic E-state index is -3.84. The molecule has 3 aromatic rings. The third-order valence-corrected chi connectivity index (χ3v) is 7.96. The molecule has 1 aliphatic rings. The molecule has 1 aliphatic heterocycles. The van der Waals surface area contributed by atoms with Gasteiger partial charge in [-0.25, -0.2) is 13.2 Å². The number of rotatable bonds is 7. The lowest BCUT2D eigenvalue weighted by Gasteiger charge is -2.34. The highest BCUT2D eigenvalue weighted by molar-refractivity contribution is 7.92. The molecule has 0 atom stereocenters. The van der Waals surface area contributed by atoms with Crippen LogP contribution in [0.4, 0.5) is 11.4 Å². The Hall–Kier alpha value is -3.32. The molecule has 1 heterocycles. The fourth-order valence-corrected chi connectivity index (χ4v) is 5.96. The Bertz CT molecular complexity index is 1280. The molecule has 34 heavy (non-hydrogen) atoms. The quantitative estimate of drug-likeness (QED) is 0.484. The maximum Gasteiger partial charge on any atom is 0.337 e. The predicted molar refractivity (Wildman–Crippen MR) is 135 cm³/mol. The summed E-state index contributed by atoms with van der Waals surface area (Å²) >= 11 is 0. The van der Waals surface area contributed by atoms with Gasteiger partial charge in [0, 0.05) is 18.8 Å². The van der Waals surface area contributed by atoms with Crippen LogP contribution < -0.4 is 9.62 Å². The van der Waals surface area contributed by atoms with Crippen molar-refractivity contribution < 1.29 is 18.3 Å². The van der Waals surface area contributed by atoms with Crippen molar-refractivity contribution in [2.45, 2.75) is 38.0 Å². The predicted octanol–water partition coefficient (Wildman–Crippen LogP) is 5.26. The Kier molecular flexibility index (Phi) is 6.93. The van der Waals surface area contributed by atoms with Crippen molar-refractivity contribution in [2.24, 2.45) is 5.92 Å². The Labute approximate surface area is 201 Å². The highest BCUT2D eigenvalue weighted by Crippen LogP contribution is 2.31. The van der Waals surface area contributed by atoms with Crippen LogP contribution in [0.25, 0.3) is 0 Å². The molecule has 3 aromatic carbocycles. The number of anilines is 2. The molecule has 0 bridgehead atoms. The zero-order valence-corrected chi connectivity index (χ0v) is 20.3. The SMILES string of the molecule is Cc1ccc(C)c(S(=O)(=O)Nc2ccc(N3CCC(Cc4ccccc4)CC3)c(C(=O)O)c2)c1. The van der Waals surface area contributed by atoms with Crippen molar-refractivity contribution in [2.75, 3.05) is 22.7 Å². The normalized spacial score (nSPS) is 14.7. The van der Waals surface area contributed by atoms with E-state index in [0.717, 1.165) is 37.9 Å². The molecule has 7 heteroatoms. The molecular formula is C27H30N2O4S. The van der Waals surface area contributed by atoms with Crippen LogP contribution in [0, 0.1) is 19.8 Å². The number of hydrogen-bond donors (Lipinski definition) is 2. The van der Waals surface area contributed by atoms with Gasteiger partial charge >= 0.3 is 5.97 Å².